The van der Waals surface area contributed by atoms with Crippen LogP contribution in [0, 0.1) is 11.7 Å². The van der Waals surface area contributed by atoms with Gasteiger partial charge in [-0.25, -0.2) is 4.39 Å². The molecule has 1 aromatic rings. The van der Waals surface area contributed by atoms with E-state index in [-0.39, 0.29) is 17.6 Å². The number of carbonyl (C=O) groups is 2. The number of carbonyl (C=O) groups excluding carboxylic acids is 2. The molecule has 0 radical (unpaired) electrons. The lowest BCUT2D eigenvalue weighted by Crippen LogP contribution is -2.44. The highest BCUT2D eigenvalue weighted by Gasteiger charge is 2.27. The van der Waals surface area contributed by atoms with Gasteiger partial charge < -0.3 is 14.7 Å². The number of nitrogens with zero attached hydrogens (tertiary/aromatic N) is 3. The van der Waals surface area contributed by atoms with Gasteiger partial charge in [0.15, 0.2) is 0 Å². The van der Waals surface area contributed by atoms with Crippen molar-refractivity contribution in [3.8, 4) is 0 Å². The van der Waals surface area contributed by atoms with Crippen molar-refractivity contribution in [3.05, 3.63) is 35.6 Å². The second-order valence-corrected chi connectivity index (χ2v) is 9.41. The van der Waals surface area contributed by atoms with E-state index < -0.39 is 0 Å². The van der Waals surface area contributed by atoms with E-state index >= 15 is 0 Å². The normalized spacial score (nSPS) is 20.6. The SMILES string of the molecule is CN1CCC(N(C)C(=O)CC[C@@H]2CCCN(C(=O)CCCc3ccc(F)cc3)C2)CC1. The zero-order valence-electron chi connectivity index (χ0n) is 19.2. The second-order valence-electron chi connectivity index (χ2n) is 9.41. The lowest BCUT2D eigenvalue weighted by Gasteiger charge is -2.36. The van der Waals surface area contributed by atoms with Crippen LogP contribution < -0.4 is 0 Å². The molecule has 172 valence electrons. The minimum absolute atomic E-state index is 0.210. The molecule has 0 aliphatic carbocycles. The third-order valence-corrected chi connectivity index (χ3v) is 7.04. The molecule has 2 saturated heterocycles. The number of benzene rings is 1. The predicted molar refractivity (Wildman–Crippen MR) is 121 cm³/mol. The summed E-state index contributed by atoms with van der Waals surface area (Å²) in [6.45, 7) is 3.72. The molecule has 31 heavy (non-hydrogen) atoms. The highest BCUT2D eigenvalue weighted by atomic mass is 19.1. The molecule has 5 nitrogen and oxygen atoms in total. The summed E-state index contributed by atoms with van der Waals surface area (Å²) >= 11 is 0. The minimum Gasteiger partial charge on any atom is -0.343 e. The molecule has 2 aliphatic rings. The van der Waals surface area contributed by atoms with Crippen LogP contribution >= 0.6 is 0 Å². The topological polar surface area (TPSA) is 43.9 Å². The molecule has 0 spiro atoms. The van der Waals surface area contributed by atoms with Crippen molar-refractivity contribution >= 4 is 11.8 Å². The lowest BCUT2D eigenvalue weighted by atomic mass is 9.92. The fourth-order valence-electron chi connectivity index (χ4n) is 4.87. The molecule has 2 aliphatic heterocycles. The van der Waals surface area contributed by atoms with E-state index in [1.54, 1.807) is 12.1 Å². The van der Waals surface area contributed by atoms with Crippen molar-refractivity contribution < 1.29 is 14.0 Å². The van der Waals surface area contributed by atoms with Crippen LogP contribution in [0.3, 0.4) is 0 Å². The van der Waals surface area contributed by atoms with Gasteiger partial charge in [0.05, 0.1) is 0 Å². The Bertz CT molecular complexity index is 716. The van der Waals surface area contributed by atoms with Gasteiger partial charge >= 0.3 is 0 Å². The molecule has 0 saturated carbocycles. The summed E-state index contributed by atoms with van der Waals surface area (Å²) in [6, 6.07) is 6.89. The van der Waals surface area contributed by atoms with Gasteiger partial charge in [0.2, 0.25) is 11.8 Å². The fraction of sp³-hybridized carbons (Fsp3) is 0.680. The molecule has 1 aromatic carbocycles. The van der Waals surface area contributed by atoms with Crippen LogP contribution in [-0.4, -0.2) is 72.8 Å². The number of likely N-dealkylation sites (tertiary alicyclic amines) is 2. The number of aryl methyl sites for hydroxylation is 1. The number of rotatable bonds is 8. The first-order valence-electron chi connectivity index (χ1n) is 11.9. The number of hydrogen-bond donors (Lipinski definition) is 0. The molecule has 0 N–H and O–H groups in total. The molecule has 2 fully saturated rings. The first kappa shape index (κ1) is 23.7. The van der Waals surface area contributed by atoms with E-state index in [4.69, 9.17) is 0 Å². The summed E-state index contributed by atoms with van der Waals surface area (Å²) in [6.07, 6.45) is 7.80. The molecule has 0 bridgehead atoms. The molecule has 2 heterocycles. The number of piperidine rings is 2. The van der Waals surface area contributed by atoms with Crippen molar-refractivity contribution in [2.75, 3.05) is 40.3 Å². The van der Waals surface area contributed by atoms with Crippen LogP contribution in [0.5, 0.6) is 0 Å². The molecule has 0 aromatic heterocycles. The van der Waals surface area contributed by atoms with Gasteiger partial charge in [-0.05, 0) is 88.7 Å². The first-order valence-corrected chi connectivity index (χ1v) is 11.9. The Kier molecular flexibility index (Phi) is 8.88. The average Bonchev–Trinajstić information content (AvgIpc) is 2.79. The maximum atomic E-state index is 13.0. The quantitative estimate of drug-likeness (QED) is 0.630. The molecule has 6 heteroatoms. The van der Waals surface area contributed by atoms with E-state index in [1.165, 1.54) is 12.1 Å². The Hall–Kier alpha value is -1.95. The van der Waals surface area contributed by atoms with Crippen LogP contribution in [0.15, 0.2) is 24.3 Å². The zero-order valence-corrected chi connectivity index (χ0v) is 19.2. The van der Waals surface area contributed by atoms with E-state index in [2.05, 4.69) is 11.9 Å². The Balaban J connectivity index is 1.36. The van der Waals surface area contributed by atoms with E-state index in [1.807, 2.05) is 16.8 Å². The Morgan fingerprint density at radius 2 is 1.77 bits per heavy atom. The highest BCUT2D eigenvalue weighted by Crippen LogP contribution is 2.23. The Morgan fingerprint density at radius 3 is 2.48 bits per heavy atom. The summed E-state index contributed by atoms with van der Waals surface area (Å²) in [5, 5.41) is 0. The van der Waals surface area contributed by atoms with Gasteiger partial charge in [-0.1, -0.05) is 12.1 Å². The predicted octanol–water partition coefficient (Wildman–Crippen LogP) is 3.72. The number of hydrogen-bond acceptors (Lipinski definition) is 3. The summed E-state index contributed by atoms with van der Waals surface area (Å²) in [4.78, 5) is 31.6. The Morgan fingerprint density at radius 1 is 1.06 bits per heavy atom. The fourth-order valence-corrected chi connectivity index (χ4v) is 4.87. The van der Waals surface area contributed by atoms with E-state index in [9.17, 15) is 14.0 Å². The average molecular weight is 432 g/mol. The monoisotopic (exact) mass is 431 g/mol. The first-order chi connectivity index (χ1) is 14.9. The van der Waals surface area contributed by atoms with Gasteiger partial charge in [0, 0.05) is 39.0 Å². The van der Waals surface area contributed by atoms with Crippen LogP contribution in [-0.2, 0) is 16.0 Å². The molecular weight excluding hydrogens is 393 g/mol. The third-order valence-electron chi connectivity index (χ3n) is 7.04. The van der Waals surface area contributed by atoms with Gasteiger partial charge in [-0.2, -0.15) is 0 Å². The van der Waals surface area contributed by atoms with Crippen molar-refractivity contribution in [2.24, 2.45) is 5.92 Å². The summed E-state index contributed by atoms with van der Waals surface area (Å²) in [5.41, 5.74) is 1.07. The summed E-state index contributed by atoms with van der Waals surface area (Å²) < 4.78 is 13.0. The van der Waals surface area contributed by atoms with Crippen molar-refractivity contribution in [1.82, 2.24) is 14.7 Å². The number of halogens is 1. The van der Waals surface area contributed by atoms with Gasteiger partial charge in [-0.15, -0.1) is 0 Å². The maximum absolute atomic E-state index is 13.0. The van der Waals surface area contributed by atoms with Gasteiger partial charge in [0.25, 0.3) is 0 Å². The van der Waals surface area contributed by atoms with Gasteiger partial charge in [0.1, 0.15) is 5.82 Å². The molecule has 0 unspecified atom stereocenters. The smallest absolute Gasteiger partial charge is 0.222 e. The van der Waals surface area contributed by atoms with Gasteiger partial charge in [-0.3, -0.25) is 9.59 Å². The van der Waals surface area contributed by atoms with Crippen molar-refractivity contribution in [2.45, 2.75) is 63.8 Å². The van der Waals surface area contributed by atoms with Crippen LogP contribution in [0.2, 0.25) is 0 Å². The lowest BCUT2D eigenvalue weighted by molar-refractivity contribution is -0.133. The van der Waals surface area contributed by atoms with Crippen molar-refractivity contribution in [1.29, 1.82) is 0 Å². The summed E-state index contributed by atoms with van der Waals surface area (Å²) in [5.74, 6) is 0.652. The van der Waals surface area contributed by atoms with Crippen LogP contribution in [0.4, 0.5) is 4.39 Å². The molecular formula is C25H38FN3O2. The zero-order chi connectivity index (χ0) is 22.2. The minimum atomic E-state index is -0.227. The Labute approximate surface area is 186 Å². The third kappa shape index (κ3) is 7.30. The second kappa shape index (κ2) is 11.6. The highest BCUT2D eigenvalue weighted by molar-refractivity contribution is 5.77. The molecule has 1 atom stereocenters. The maximum Gasteiger partial charge on any atom is 0.222 e. The number of amides is 2. The largest absolute Gasteiger partial charge is 0.343 e. The molecule has 3 rings (SSSR count). The van der Waals surface area contributed by atoms with E-state index in [0.717, 1.165) is 76.7 Å². The van der Waals surface area contributed by atoms with Crippen LogP contribution in [0.1, 0.15) is 56.9 Å². The molecule has 2 amide bonds. The van der Waals surface area contributed by atoms with Crippen LogP contribution in [0.25, 0.3) is 0 Å². The standard InChI is InChI=1S/C25H38FN3O2/c1-27-17-14-23(15-18-27)28(2)24(30)13-10-21-6-4-16-29(19-21)25(31)7-3-5-20-8-11-22(26)12-9-20/h8-9,11-12,21,23H,3-7,10,13-19H2,1-2H3/t21-/m0/s1. The van der Waals surface area contributed by atoms with Crippen molar-refractivity contribution in [3.63, 3.8) is 0 Å². The summed E-state index contributed by atoms with van der Waals surface area (Å²) in [7, 11) is 4.09. The van der Waals surface area contributed by atoms with E-state index in [0.29, 0.717) is 24.8 Å².